The van der Waals surface area contributed by atoms with Gasteiger partial charge in [-0.3, -0.25) is 4.79 Å². The van der Waals surface area contributed by atoms with Gasteiger partial charge in [-0.2, -0.15) is 0 Å². The third kappa shape index (κ3) is 3.97. The molecule has 2 atom stereocenters. The molecule has 0 radical (unpaired) electrons. The maximum Gasteiger partial charge on any atom is 0.251 e. The second kappa shape index (κ2) is 6.48. The van der Waals surface area contributed by atoms with Crippen molar-refractivity contribution in [2.24, 2.45) is 11.7 Å². The first kappa shape index (κ1) is 15.8. The Bertz CT molecular complexity index is 482. The molecule has 4 nitrogen and oxygen atoms in total. The van der Waals surface area contributed by atoms with Crippen LogP contribution in [-0.4, -0.2) is 24.1 Å². The predicted octanol–water partition coefficient (Wildman–Crippen LogP) is 2.72. The zero-order valence-corrected chi connectivity index (χ0v) is 13.2. The molecule has 2 rings (SSSR count). The highest BCUT2D eigenvalue weighted by Gasteiger charge is 2.41. The number of carbonyl (C=O) groups is 1. The van der Waals surface area contributed by atoms with Crippen LogP contribution in [-0.2, 0) is 0 Å². The molecule has 1 aromatic carbocycles. The topological polar surface area (TPSA) is 64.3 Å². The number of carbonyl (C=O) groups excluding carboxylic acids is 1. The molecule has 21 heavy (non-hydrogen) atoms. The van der Waals surface area contributed by atoms with Crippen molar-refractivity contribution in [2.45, 2.75) is 51.7 Å². The number of rotatable bonds is 7. The third-order valence-corrected chi connectivity index (χ3v) is 4.33. The minimum atomic E-state index is -0.289. The average molecular weight is 290 g/mol. The van der Waals surface area contributed by atoms with Crippen LogP contribution >= 0.6 is 0 Å². The average Bonchev–Trinajstić information content (AvgIpc) is 3.32. The van der Waals surface area contributed by atoms with Gasteiger partial charge in [0.2, 0.25) is 0 Å². The normalized spacial score (nSPS) is 18.7. The van der Waals surface area contributed by atoms with E-state index in [0.29, 0.717) is 18.0 Å². The summed E-state index contributed by atoms with van der Waals surface area (Å²) in [5, 5.41) is 3.09. The first-order valence-electron chi connectivity index (χ1n) is 7.77. The van der Waals surface area contributed by atoms with E-state index < -0.39 is 0 Å². The van der Waals surface area contributed by atoms with Crippen molar-refractivity contribution in [3.8, 4) is 5.75 Å². The summed E-state index contributed by atoms with van der Waals surface area (Å²) < 4.78 is 5.72. The lowest BCUT2D eigenvalue weighted by Crippen LogP contribution is -2.53. The second-order valence-electron chi connectivity index (χ2n) is 6.21. The Morgan fingerprint density at radius 1 is 1.43 bits per heavy atom. The molecule has 1 aliphatic carbocycles. The lowest BCUT2D eigenvalue weighted by Gasteiger charge is -2.29. The number of amides is 1. The Morgan fingerprint density at radius 2 is 2.05 bits per heavy atom. The first-order valence-corrected chi connectivity index (χ1v) is 7.77. The second-order valence-corrected chi connectivity index (χ2v) is 6.21. The molecular formula is C17H26N2O2. The lowest BCUT2D eigenvalue weighted by atomic mass is 9.95. The number of nitrogens with two attached hydrogens (primary N) is 1. The van der Waals surface area contributed by atoms with Gasteiger partial charge in [-0.15, -0.1) is 0 Å². The van der Waals surface area contributed by atoms with Gasteiger partial charge >= 0.3 is 0 Å². The molecule has 0 saturated heterocycles. The largest absolute Gasteiger partial charge is 0.491 e. The Labute approximate surface area is 127 Å². The highest BCUT2D eigenvalue weighted by atomic mass is 16.5. The third-order valence-electron chi connectivity index (χ3n) is 4.33. The summed E-state index contributed by atoms with van der Waals surface area (Å²) in [6.07, 6.45) is 3.43. The van der Waals surface area contributed by atoms with Gasteiger partial charge < -0.3 is 15.8 Å². The van der Waals surface area contributed by atoms with Crippen LogP contribution in [0.3, 0.4) is 0 Å². The van der Waals surface area contributed by atoms with Gasteiger partial charge in [0, 0.05) is 12.1 Å². The molecular weight excluding hydrogens is 264 g/mol. The van der Waals surface area contributed by atoms with E-state index in [1.165, 1.54) is 0 Å². The molecule has 2 unspecified atom stereocenters. The van der Waals surface area contributed by atoms with Crippen molar-refractivity contribution >= 4 is 5.91 Å². The van der Waals surface area contributed by atoms with Crippen molar-refractivity contribution < 1.29 is 9.53 Å². The fourth-order valence-corrected chi connectivity index (χ4v) is 2.37. The monoisotopic (exact) mass is 290 g/mol. The fraction of sp³-hybridized carbons (Fsp3) is 0.588. The summed E-state index contributed by atoms with van der Waals surface area (Å²) in [5.74, 6) is 1.24. The van der Waals surface area contributed by atoms with Gasteiger partial charge in [0.15, 0.2) is 0 Å². The van der Waals surface area contributed by atoms with Crippen LogP contribution in [0.15, 0.2) is 24.3 Å². The molecule has 116 valence electrons. The summed E-state index contributed by atoms with van der Waals surface area (Å²) in [5.41, 5.74) is 6.19. The first-order chi connectivity index (χ1) is 9.98. The molecule has 1 fully saturated rings. The molecule has 0 spiro atoms. The van der Waals surface area contributed by atoms with E-state index in [4.69, 9.17) is 10.5 Å². The van der Waals surface area contributed by atoms with E-state index in [9.17, 15) is 4.79 Å². The van der Waals surface area contributed by atoms with Crippen LogP contribution in [0.5, 0.6) is 5.75 Å². The predicted molar refractivity (Wildman–Crippen MR) is 84.5 cm³/mol. The minimum Gasteiger partial charge on any atom is -0.491 e. The summed E-state index contributed by atoms with van der Waals surface area (Å²) in [6.45, 7) is 6.61. The highest BCUT2D eigenvalue weighted by Crippen LogP contribution is 2.39. The number of hydrogen-bond acceptors (Lipinski definition) is 3. The van der Waals surface area contributed by atoms with Crippen LogP contribution in [0.4, 0.5) is 0 Å². The number of nitrogens with one attached hydrogen (secondary N) is 1. The maximum absolute atomic E-state index is 12.3. The maximum atomic E-state index is 12.3. The lowest BCUT2D eigenvalue weighted by molar-refractivity contribution is 0.0898. The van der Waals surface area contributed by atoms with Gasteiger partial charge in [0.1, 0.15) is 5.75 Å². The quantitative estimate of drug-likeness (QED) is 0.811. The number of benzene rings is 1. The van der Waals surface area contributed by atoms with E-state index in [2.05, 4.69) is 12.2 Å². The molecule has 1 aromatic rings. The molecule has 1 saturated carbocycles. The zero-order valence-electron chi connectivity index (χ0n) is 13.2. The van der Waals surface area contributed by atoms with Crippen molar-refractivity contribution in [1.29, 1.82) is 0 Å². The van der Waals surface area contributed by atoms with E-state index >= 15 is 0 Å². The van der Waals surface area contributed by atoms with Crippen molar-refractivity contribution in [2.75, 3.05) is 6.54 Å². The summed E-state index contributed by atoms with van der Waals surface area (Å²) >= 11 is 0. The van der Waals surface area contributed by atoms with Crippen LogP contribution < -0.4 is 15.8 Å². The smallest absolute Gasteiger partial charge is 0.251 e. The Balaban J connectivity index is 1.99. The summed E-state index contributed by atoms with van der Waals surface area (Å²) in [7, 11) is 0. The molecule has 0 heterocycles. The summed E-state index contributed by atoms with van der Waals surface area (Å²) in [6, 6.07) is 7.30. The molecule has 0 aliphatic heterocycles. The van der Waals surface area contributed by atoms with E-state index in [-0.39, 0.29) is 17.6 Å². The van der Waals surface area contributed by atoms with Gasteiger partial charge in [0.05, 0.1) is 11.6 Å². The molecule has 1 aliphatic rings. The van der Waals surface area contributed by atoms with Crippen molar-refractivity contribution in [3.05, 3.63) is 29.8 Å². The van der Waals surface area contributed by atoms with E-state index in [1.54, 1.807) is 12.1 Å². The van der Waals surface area contributed by atoms with Gasteiger partial charge in [-0.05, 0) is 63.3 Å². The molecule has 0 aromatic heterocycles. The standard InChI is InChI=1S/C17H26N2O2/c1-4-12(2)21-15-9-5-13(6-10-15)16(20)19-17(3,11-18)14-7-8-14/h5-6,9-10,12,14H,4,7-8,11,18H2,1-3H3,(H,19,20). The number of ether oxygens (including phenoxy) is 1. The van der Waals surface area contributed by atoms with Crippen LogP contribution in [0.1, 0.15) is 50.4 Å². The Hall–Kier alpha value is -1.55. The van der Waals surface area contributed by atoms with Crippen molar-refractivity contribution in [3.63, 3.8) is 0 Å². The van der Waals surface area contributed by atoms with Gasteiger partial charge in [-0.1, -0.05) is 6.92 Å². The molecule has 1 amide bonds. The molecule has 4 heteroatoms. The van der Waals surface area contributed by atoms with E-state index in [0.717, 1.165) is 25.0 Å². The van der Waals surface area contributed by atoms with Crippen LogP contribution in [0.25, 0.3) is 0 Å². The minimum absolute atomic E-state index is 0.0649. The zero-order chi connectivity index (χ0) is 15.5. The Kier molecular flexibility index (Phi) is 4.88. The van der Waals surface area contributed by atoms with Gasteiger partial charge in [0.25, 0.3) is 5.91 Å². The SMILES string of the molecule is CCC(C)Oc1ccc(C(=O)NC(C)(CN)C2CC2)cc1. The van der Waals surface area contributed by atoms with Gasteiger partial charge in [-0.25, -0.2) is 0 Å². The molecule has 0 bridgehead atoms. The Morgan fingerprint density at radius 3 is 2.52 bits per heavy atom. The highest BCUT2D eigenvalue weighted by molar-refractivity contribution is 5.94. The van der Waals surface area contributed by atoms with Crippen molar-refractivity contribution in [1.82, 2.24) is 5.32 Å². The number of hydrogen-bond donors (Lipinski definition) is 2. The van der Waals surface area contributed by atoms with Crippen LogP contribution in [0.2, 0.25) is 0 Å². The van der Waals surface area contributed by atoms with Crippen LogP contribution in [0, 0.1) is 5.92 Å². The molecule has 3 N–H and O–H groups in total. The van der Waals surface area contributed by atoms with E-state index in [1.807, 2.05) is 26.0 Å². The summed E-state index contributed by atoms with van der Waals surface area (Å²) in [4.78, 5) is 12.3. The fourth-order valence-electron chi connectivity index (χ4n) is 2.37.